The molecule has 1 aliphatic carbocycles. The Morgan fingerprint density at radius 1 is 1.47 bits per heavy atom. The van der Waals surface area contributed by atoms with Crippen molar-refractivity contribution in [1.29, 1.82) is 0 Å². The third kappa shape index (κ3) is 4.16. The van der Waals surface area contributed by atoms with Crippen LogP contribution in [0.1, 0.15) is 19.8 Å². The van der Waals surface area contributed by atoms with E-state index in [1.807, 2.05) is 0 Å². The minimum absolute atomic E-state index is 0.0361. The monoisotopic (exact) mass is 254 g/mol. The third-order valence-corrected chi connectivity index (χ3v) is 2.64. The fourth-order valence-electron chi connectivity index (χ4n) is 1.08. The van der Waals surface area contributed by atoms with E-state index < -0.39 is 17.6 Å². The topological polar surface area (TPSA) is 64.4 Å². The molecule has 0 spiro atoms. The Balaban J connectivity index is 2.18. The van der Waals surface area contributed by atoms with Crippen LogP contribution in [0.2, 0.25) is 0 Å². The normalized spacial score (nSPS) is 19.8. The van der Waals surface area contributed by atoms with E-state index in [0.717, 1.165) is 12.8 Å². The van der Waals surface area contributed by atoms with Gasteiger partial charge in [0.25, 0.3) is 0 Å². The zero-order valence-electron chi connectivity index (χ0n) is 9.64. The maximum atomic E-state index is 12.4. The SMILES string of the molecule is CC(N)(C(=O)NCCOCC1CC1)C(F)(F)F. The molecule has 0 aromatic heterocycles. The van der Waals surface area contributed by atoms with Crippen molar-refractivity contribution in [3.8, 4) is 0 Å². The number of hydrogen-bond acceptors (Lipinski definition) is 3. The number of halogens is 3. The molecule has 1 rings (SSSR count). The molecular weight excluding hydrogens is 237 g/mol. The van der Waals surface area contributed by atoms with E-state index in [4.69, 9.17) is 10.5 Å². The van der Waals surface area contributed by atoms with Crippen molar-refractivity contribution in [2.45, 2.75) is 31.5 Å². The maximum absolute atomic E-state index is 12.4. The van der Waals surface area contributed by atoms with Gasteiger partial charge in [0.15, 0.2) is 5.54 Å². The van der Waals surface area contributed by atoms with Crippen LogP contribution in [0.15, 0.2) is 0 Å². The number of carbonyl (C=O) groups is 1. The number of nitrogens with two attached hydrogens (primary N) is 1. The van der Waals surface area contributed by atoms with Crippen LogP contribution in [0.3, 0.4) is 0 Å². The van der Waals surface area contributed by atoms with Gasteiger partial charge in [0, 0.05) is 13.2 Å². The summed E-state index contributed by atoms with van der Waals surface area (Å²) in [5.41, 5.74) is 2.07. The standard InChI is InChI=1S/C10H17F3N2O2/c1-9(14,10(11,12)13)8(16)15-4-5-17-6-7-2-3-7/h7H,2-6,14H2,1H3,(H,15,16). The lowest BCUT2D eigenvalue weighted by molar-refractivity contribution is -0.187. The number of hydrogen-bond donors (Lipinski definition) is 2. The first kappa shape index (κ1) is 14.2. The number of carbonyl (C=O) groups excluding carboxylic acids is 1. The first-order valence-electron chi connectivity index (χ1n) is 5.47. The lowest BCUT2D eigenvalue weighted by Crippen LogP contribution is -2.61. The summed E-state index contributed by atoms with van der Waals surface area (Å²) in [5, 5.41) is 2.11. The first-order valence-corrected chi connectivity index (χ1v) is 5.47. The molecule has 0 bridgehead atoms. The van der Waals surface area contributed by atoms with E-state index in [2.05, 4.69) is 5.32 Å². The fourth-order valence-corrected chi connectivity index (χ4v) is 1.08. The highest BCUT2D eigenvalue weighted by atomic mass is 19.4. The Labute approximate surface area is 97.7 Å². The summed E-state index contributed by atoms with van der Waals surface area (Å²) in [6, 6.07) is 0. The lowest BCUT2D eigenvalue weighted by Gasteiger charge is -2.26. The van der Waals surface area contributed by atoms with Crippen LogP contribution in [-0.4, -0.2) is 37.4 Å². The molecule has 0 radical (unpaired) electrons. The minimum atomic E-state index is -4.76. The van der Waals surface area contributed by atoms with Crippen LogP contribution in [0.4, 0.5) is 13.2 Å². The van der Waals surface area contributed by atoms with Crippen LogP contribution >= 0.6 is 0 Å². The Morgan fingerprint density at radius 2 is 2.06 bits per heavy atom. The molecule has 1 amide bonds. The Hall–Kier alpha value is -0.820. The molecule has 1 saturated carbocycles. The fraction of sp³-hybridized carbons (Fsp3) is 0.900. The first-order chi connectivity index (χ1) is 7.75. The summed E-state index contributed by atoms with van der Waals surface area (Å²) in [6.07, 6.45) is -2.48. The second-order valence-electron chi connectivity index (χ2n) is 4.47. The van der Waals surface area contributed by atoms with E-state index in [0.29, 0.717) is 19.4 Å². The van der Waals surface area contributed by atoms with Gasteiger partial charge in [-0.15, -0.1) is 0 Å². The van der Waals surface area contributed by atoms with E-state index in [1.165, 1.54) is 0 Å². The predicted octanol–water partition coefficient (Wildman–Crippen LogP) is 0.809. The van der Waals surface area contributed by atoms with Gasteiger partial charge in [0.05, 0.1) is 6.61 Å². The number of alkyl halides is 3. The molecule has 4 nitrogen and oxygen atoms in total. The highest BCUT2D eigenvalue weighted by Gasteiger charge is 2.53. The van der Waals surface area contributed by atoms with Crippen molar-refractivity contribution in [3.63, 3.8) is 0 Å². The molecule has 0 aliphatic heterocycles. The number of rotatable bonds is 6. The van der Waals surface area contributed by atoms with Gasteiger partial charge in [0.2, 0.25) is 5.91 Å². The van der Waals surface area contributed by atoms with Crippen LogP contribution in [-0.2, 0) is 9.53 Å². The van der Waals surface area contributed by atoms with Crippen LogP contribution in [0, 0.1) is 5.92 Å². The van der Waals surface area contributed by atoms with Gasteiger partial charge in [-0.1, -0.05) is 0 Å². The summed E-state index contributed by atoms with van der Waals surface area (Å²) in [6.45, 7) is 1.49. The average molecular weight is 254 g/mol. The molecule has 7 heteroatoms. The highest BCUT2D eigenvalue weighted by Crippen LogP contribution is 2.29. The summed E-state index contributed by atoms with van der Waals surface area (Å²) in [5.74, 6) is -0.652. The van der Waals surface area contributed by atoms with Gasteiger partial charge < -0.3 is 15.8 Å². The van der Waals surface area contributed by atoms with Crippen molar-refractivity contribution in [3.05, 3.63) is 0 Å². The molecule has 1 aliphatic rings. The molecule has 1 unspecified atom stereocenters. The summed E-state index contributed by atoms with van der Waals surface area (Å²) >= 11 is 0. The van der Waals surface area contributed by atoms with Gasteiger partial charge in [-0.3, -0.25) is 4.79 Å². The molecule has 17 heavy (non-hydrogen) atoms. The van der Waals surface area contributed by atoms with E-state index in [9.17, 15) is 18.0 Å². The molecular formula is C10H17F3N2O2. The molecule has 1 atom stereocenters. The summed E-state index contributed by atoms with van der Waals surface area (Å²) in [4.78, 5) is 11.2. The van der Waals surface area contributed by atoms with E-state index in [1.54, 1.807) is 0 Å². The van der Waals surface area contributed by atoms with Crippen LogP contribution in [0.25, 0.3) is 0 Å². The molecule has 3 N–H and O–H groups in total. The molecule has 100 valence electrons. The van der Waals surface area contributed by atoms with Crippen molar-refractivity contribution < 1.29 is 22.7 Å². The predicted molar refractivity (Wildman–Crippen MR) is 55.2 cm³/mol. The van der Waals surface area contributed by atoms with Gasteiger partial charge in [0.1, 0.15) is 0 Å². The van der Waals surface area contributed by atoms with Crippen molar-refractivity contribution >= 4 is 5.91 Å². The highest BCUT2D eigenvalue weighted by molar-refractivity contribution is 5.86. The Kier molecular flexibility index (Phi) is 4.37. The molecule has 0 aromatic rings. The lowest BCUT2D eigenvalue weighted by atomic mass is 10.0. The molecule has 1 fully saturated rings. The van der Waals surface area contributed by atoms with Gasteiger partial charge in [-0.2, -0.15) is 13.2 Å². The molecule has 0 heterocycles. The Morgan fingerprint density at radius 3 is 2.53 bits per heavy atom. The summed E-state index contributed by atoms with van der Waals surface area (Å²) in [7, 11) is 0. The smallest absolute Gasteiger partial charge is 0.379 e. The van der Waals surface area contributed by atoms with E-state index in [-0.39, 0.29) is 13.2 Å². The summed E-state index contributed by atoms with van der Waals surface area (Å²) < 4.78 is 42.2. The second kappa shape index (κ2) is 5.22. The maximum Gasteiger partial charge on any atom is 0.415 e. The van der Waals surface area contributed by atoms with Crippen LogP contribution in [0.5, 0.6) is 0 Å². The molecule has 0 saturated heterocycles. The second-order valence-corrected chi connectivity index (χ2v) is 4.47. The quantitative estimate of drug-likeness (QED) is 0.689. The minimum Gasteiger partial charge on any atom is -0.379 e. The zero-order valence-corrected chi connectivity index (χ0v) is 9.64. The number of ether oxygens (including phenoxy) is 1. The van der Waals surface area contributed by atoms with Crippen molar-refractivity contribution in [2.24, 2.45) is 11.7 Å². The zero-order chi connectivity index (χ0) is 13.1. The third-order valence-electron chi connectivity index (χ3n) is 2.64. The largest absolute Gasteiger partial charge is 0.415 e. The van der Waals surface area contributed by atoms with Gasteiger partial charge in [-0.05, 0) is 25.7 Å². The Bertz CT molecular complexity index is 275. The van der Waals surface area contributed by atoms with E-state index >= 15 is 0 Å². The van der Waals surface area contributed by atoms with Gasteiger partial charge >= 0.3 is 6.18 Å². The van der Waals surface area contributed by atoms with Crippen molar-refractivity contribution in [1.82, 2.24) is 5.32 Å². The number of nitrogens with one attached hydrogen (secondary N) is 1. The average Bonchev–Trinajstić information content (AvgIpc) is 2.98. The van der Waals surface area contributed by atoms with Gasteiger partial charge in [-0.25, -0.2) is 0 Å². The van der Waals surface area contributed by atoms with Crippen molar-refractivity contribution in [2.75, 3.05) is 19.8 Å². The van der Waals surface area contributed by atoms with Crippen LogP contribution < -0.4 is 11.1 Å². The molecule has 0 aromatic carbocycles. The number of amides is 1.